The summed E-state index contributed by atoms with van der Waals surface area (Å²) < 4.78 is 18.0. The molecule has 322 valence electrons. The van der Waals surface area contributed by atoms with E-state index in [0.29, 0.717) is 30.0 Å². The molecule has 15 heteroatoms. The van der Waals surface area contributed by atoms with Gasteiger partial charge in [-0.25, -0.2) is 9.59 Å². The number of nitrogens with one attached hydrogen (secondary N) is 1. The molecule has 0 saturated carbocycles. The van der Waals surface area contributed by atoms with Crippen molar-refractivity contribution in [1.29, 1.82) is 0 Å². The Morgan fingerprint density at radius 3 is 2.55 bits per heavy atom. The van der Waals surface area contributed by atoms with Gasteiger partial charge in [-0.15, -0.1) is 0 Å². The van der Waals surface area contributed by atoms with Crippen LogP contribution in [0.25, 0.3) is 0 Å². The van der Waals surface area contributed by atoms with E-state index in [9.17, 15) is 29.1 Å². The van der Waals surface area contributed by atoms with Gasteiger partial charge in [0.1, 0.15) is 35.4 Å². The number of alkyl carbamates (subject to hydrolysis) is 1. The van der Waals surface area contributed by atoms with Crippen LogP contribution < -0.4 is 10.2 Å². The summed E-state index contributed by atoms with van der Waals surface area (Å²) in [7, 11) is 6.56. The third kappa shape index (κ3) is 12.0. The van der Waals surface area contributed by atoms with Gasteiger partial charge in [0.15, 0.2) is 0 Å². The number of epoxide rings is 1. The molecular weight excluding hydrogens is 802 g/mol. The molecule has 0 spiro atoms. The topological polar surface area (TPSA) is 155 Å². The fourth-order valence-electron chi connectivity index (χ4n) is 7.37. The van der Waals surface area contributed by atoms with Crippen LogP contribution in [-0.4, -0.2) is 99.9 Å². The normalized spacial score (nSPS) is 29.8. The quantitative estimate of drug-likeness (QED) is 0.0918. The number of nitrogens with zero attached hydrogens (tertiary/aromatic N) is 2. The van der Waals surface area contributed by atoms with Crippen molar-refractivity contribution in [3.05, 3.63) is 52.1 Å². The number of hydrogen-bond acceptors (Lipinski definition) is 11. The van der Waals surface area contributed by atoms with Gasteiger partial charge in [0, 0.05) is 55.7 Å². The second-order valence-electron chi connectivity index (χ2n) is 17.1. The summed E-state index contributed by atoms with van der Waals surface area (Å²) in [6.45, 7) is 16.6. The lowest BCUT2D eigenvalue weighted by Gasteiger charge is -2.41. The Labute approximate surface area is 356 Å². The van der Waals surface area contributed by atoms with Gasteiger partial charge in [0.25, 0.3) is 0 Å². The Morgan fingerprint density at radius 1 is 1.19 bits per heavy atom. The van der Waals surface area contributed by atoms with Crippen LogP contribution >= 0.6 is 33.2 Å². The number of hydrogen-bond donors (Lipinski definition) is 2. The molecule has 3 aliphatic heterocycles. The summed E-state index contributed by atoms with van der Waals surface area (Å²) in [5.74, 6) is -1.24. The number of anilines is 1. The average molecular weight is 865 g/mol. The number of amides is 3. The van der Waals surface area contributed by atoms with E-state index in [1.807, 2.05) is 58.1 Å². The first-order chi connectivity index (χ1) is 27.0. The highest BCUT2D eigenvalue weighted by Gasteiger charge is 2.64. The Balaban J connectivity index is 1.59. The monoisotopic (exact) mass is 863 g/mol. The summed E-state index contributed by atoms with van der Waals surface area (Å²) in [6, 6.07) is 2.87. The molecule has 0 aliphatic carbocycles. The number of allylic oxidation sites excluding steroid dienone is 3. The number of esters is 1. The van der Waals surface area contributed by atoms with Gasteiger partial charge in [-0.3, -0.25) is 14.9 Å². The Kier molecular flexibility index (Phi) is 16.1. The minimum Gasteiger partial charge on any atom is -0.457 e. The third-order valence-electron chi connectivity index (χ3n) is 11.6. The van der Waals surface area contributed by atoms with Crippen molar-refractivity contribution in [2.75, 3.05) is 24.7 Å². The molecule has 3 aliphatic rings. The van der Waals surface area contributed by atoms with E-state index < -0.39 is 59.6 Å². The van der Waals surface area contributed by atoms with Crippen LogP contribution in [0.15, 0.2) is 35.9 Å². The number of ketones is 1. The van der Waals surface area contributed by atoms with Crippen molar-refractivity contribution in [3.63, 3.8) is 0 Å². The van der Waals surface area contributed by atoms with E-state index in [0.717, 1.165) is 28.9 Å². The van der Waals surface area contributed by atoms with E-state index in [1.54, 1.807) is 56.5 Å². The lowest BCUT2D eigenvalue weighted by Crippen LogP contribution is -2.60. The van der Waals surface area contributed by atoms with E-state index in [1.165, 1.54) is 9.80 Å². The number of rotatable bonds is 12. The summed E-state index contributed by atoms with van der Waals surface area (Å²) in [5, 5.41) is 14.7. The van der Waals surface area contributed by atoms with E-state index in [4.69, 9.17) is 25.8 Å². The Hall–Kier alpha value is -3.04. The fourth-order valence-corrected chi connectivity index (χ4v) is 10.3. The molecule has 2 fully saturated rings. The van der Waals surface area contributed by atoms with Crippen molar-refractivity contribution in [2.45, 2.75) is 148 Å². The molecular formula is C43H62ClN3O9S2. The van der Waals surface area contributed by atoms with Gasteiger partial charge < -0.3 is 33.9 Å². The molecule has 58 heavy (non-hydrogen) atoms. The molecule has 8 atom stereocenters. The van der Waals surface area contributed by atoms with Crippen molar-refractivity contribution in [1.82, 2.24) is 10.2 Å². The molecule has 8 unspecified atom stereocenters. The van der Waals surface area contributed by atoms with Crippen LogP contribution in [-0.2, 0) is 39.8 Å². The van der Waals surface area contributed by atoms with Crippen molar-refractivity contribution >= 4 is 68.5 Å². The zero-order valence-electron chi connectivity index (χ0n) is 35.8. The number of likely N-dealkylation sites (N-methyl/N-ethyl adjacent to an activating group) is 1. The highest BCUT2D eigenvalue weighted by atomic mass is 35.5. The van der Waals surface area contributed by atoms with Gasteiger partial charge in [0.05, 0.1) is 23.2 Å². The van der Waals surface area contributed by atoms with Gasteiger partial charge in [0.2, 0.25) is 11.8 Å². The zero-order valence-corrected chi connectivity index (χ0v) is 38.2. The second-order valence-corrected chi connectivity index (χ2v) is 20.6. The number of carbonyl (C=O) groups excluding carboxylic acids is 5. The van der Waals surface area contributed by atoms with Gasteiger partial charge in [-0.1, -0.05) is 76.9 Å². The number of ether oxygens (including phenoxy) is 3. The minimum atomic E-state index is -1.61. The average Bonchev–Trinajstić information content (AvgIpc) is 3.84. The van der Waals surface area contributed by atoms with Crippen LogP contribution in [0.5, 0.6) is 0 Å². The SMILES string of the molecule is CC(=O)CCCSSC(C)(C)CCC(=O)N(C)C(C)C(=O)OC1CC(=O)N(C)c2cc(cc(C)c2Cl)C/C(C)=C/C=C/C(C)C2(O)CC(OC(=O)N2)C(C)C2OC12C. The predicted octanol–water partition coefficient (Wildman–Crippen LogP) is 7.74. The van der Waals surface area contributed by atoms with E-state index in [2.05, 4.69) is 19.2 Å². The molecule has 3 amide bonds. The Bertz CT molecular complexity index is 1790. The summed E-state index contributed by atoms with van der Waals surface area (Å²) in [6.07, 6.45) is 4.91. The number of fused-ring (bicyclic) bond motifs is 5. The number of benzene rings is 1. The number of Topliss-reactive ketones (excluding diaryl/α,β-unsaturated/α-hetero) is 1. The highest BCUT2D eigenvalue weighted by molar-refractivity contribution is 8.77. The maximum Gasteiger partial charge on any atom is 0.409 e. The van der Waals surface area contributed by atoms with Gasteiger partial charge in [-0.2, -0.15) is 0 Å². The van der Waals surface area contributed by atoms with Crippen LogP contribution in [0.1, 0.15) is 105 Å². The summed E-state index contributed by atoms with van der Waals surface area (Å²) >= 11 is 6.81. The van der Waals surface area contributed by atoms with Crippen LogP contribution in [0.2, 0.25) is 5.02 Å². The maximum absolute atomic E-state index is 14.2. The van der Waals surface area contributed by atoms with Crippen molar-refractivity contribution in [2.24, 2.45) is 11.8 Å². The Morgan fingerprint density at radius 2 is 1.88 bits per heavy atom. The number of halogens is 1. The smallest absolute Gasteiger partial charge is 0.409 e. The van der Waals surface area contributed by atoms with Crippen LogP contribution in [0.3, 0.4) is 0 Å². The molecule has 12 nitrogen and oxygen atoms in total. The van der Waals surface area contributed by atoms with Crippen LogP contribution in [0.4, 0.5) is 10.5 Å². The number of aryl methyl sites for hydroxylation is 1. The molecule has 2 N–H and O–H groups in total. The lowest BCUT2D eigenvalue weighted by molar-refractivity contribution is -0.162. The zero-order chi connectivity index (χ0) is 43.3. The summed E-state index contributed by atoms with van der Waals surface area (Å²) in [4.78, 5) is 68.5. The maximum atomic E-state index is 14.2. The van der Waals surface area contributed by atoms with Crippen molar-refractivity contribution < 1.29 is 43.3 Å². The number of carbonyl (C=O) groups is 5. The standard InChI is InChI=1S/C43H62ClN3O9S2/c1-25-14-12-15-27(3)43(53)24-33(54-40(52)45-43)29(5)38-42(9,56-38)34(23-36(50)47(11)32-22-31(20-25)21-26(2)37(32)44)55-39(51)30(6)46(10)35(49)17-18-41(7,8)58-57-19-13-16-28(4)48/h12,14-15,21-22,27,29-30,33-34,38,53H,13,16-20,23-24H2,1-11H3,(H,45,52)/b15-12+,25-14+. The first-order valence-corrected chi connectivity index (χ1v) is 22.7. The molecule has 4 rings (SSSR count). The molecule has 3 heterocycles. The fraction of sp³-hybridized carbons (Fsp3) is 0.651. The molecule has 0 radical (unpaired) electrons. The lowest BCUT2D eigenvalue weighted by atomic mass is 9.82. The first-order valence-electron chi connectivity index (χ1n) is 20.0. The molecule has 1 aromatic rings. The molecule has 4 bridgehead atoms. The second kappa shape index (κ2) is 19.6. The predicted molar refractivity (Wildman–Crippen MR) is 231 cm³/mol. The molecule has 0 aromatic heterocycles. The van der Waals surface area contributed by atoms with Crippen molar-refractivity contribution in [3.8, 4) is 0 Å². The van der Waals surface area contributed by atoms with Gasteiger partial charge >= 0.3 is 12.1 Å². The van der Waals surface area contributed by atoms with E-state index in [-0.39, 0.29) is 41.6 Å². The molecule has 1 aromatic carbocycles. The minimum absolute atomic E-state index is 0.0671. The number of aliphatic hydroxyl groups is 1. The summed E-state index contributed by atoms with van der Waals surface area (Å²) in [5.41, 5.74) is 0.474. The largest absolute Gasteiger partial charge is 0.457 e. The first kappa shape index (κ1) is 47.6. The van der Waals surface area contributed by atoms with Crippen LogP contribution in [0, 0.1) is 18.8 Å². The highest BCUT2D eigenvalue weighted by Crippen LogP contribution is 2.49. The van der Waals surface area contributed by atoms with Gasteiger partial charge in [-0.05, 0) is 84.9 Å². The molecule has 2 saturated heterocycles. The third-order valence-corrected chi connectivity index (χ3v) is 15.6. The van der Waals surface area contributed by atoms with E-state index >= 15 is 0 Å².